The number of carbonyl (C=O) groups excluding carboxylic acids is 1. The Morgan fingerprint density at radius 3 is 2.53 bits per heavy atom. The van der Waals surface area contributed by atoms with Crippen molar-refractivity contribution in [3.05, 3.63) is 34.9 Å². The SMILES string of the molecule is CC(C)N(Cc1cccc(Cl)c1)C(=O)CCC(=O)O. The molecule has 0 unspecified atom stereocenters. The molecule has 0 aromatic heterocycles. The monoisotopic (exact) mass is 283 g/mol. The van der Waals surface area contributed by atoms with Crippen molar-refractivity contribution in [1.29, 1.82) is 0 Å². The molecule has 19 heavy (non-hydrogen) atoms. The van der Waals surface area contributed by atoms with Crippen LogP contribution in [0.15, 0.2) is 24.3 Å². The molecule has 0 atom stereocenters. The van der Waals surface area contributed by atoms with E-state index < -0.39 is 5.97 Å². The third-order valence-electron chi connectivity index (χ3n) is 2.74. The summed E-state index contributed by atoms with van der Waals surface area (Å²) in [5.41, 5.74) is 0.935. The van der Waals surface area contributed by atoms with Crippen molar-refractivity contribution in [1.82, 2.24) is 4.90 Å². The zero-order chi connectivity index (χ0) is 14.4. The Morgan fingerprint density at radius 2 is 2.00 bits per heavy atom. The van der Waals surface area contributed by atoms with Crippen molar-refractivity contribution in [3.63, 3.8) is 0 Å². The van der Waals surface area contributed by atoms with Crippen molar-refractivity contribution < 1.29 is 14.7 Å². The van der Waals surface area contributed by atoms with Crippen LogP contribution in [-0.2, 0) is 16.1 Å². The van der Waals surface area contributed by atoms with E-state index in [9.17, 15) is 9.59 Å². The molecule has 0 aliphatic heterocycles. The summed E-state index contributed by atoms with van der Waals surface area (Å²) in [5.74, 6) is -1.11. The number of hydrogen-bond donors (Lipinski definition) is 1. The number of rotatable bonds is 6. The number of carboxylic acids is 1. The highest BCUT2D eigenvalue weighted by atomic mass is 35.5. The third kappa shape index (κ3) is 5.30. The van der Waals surface area contributed by atoms with E-state index in [-0.39, 0.29) is 24.8 Å². The molecule has 5 heteroatoms. The molecule has 0 radical (unpaired) electrons. The Kier molecular flexibility index (Phi) is 5.83. The van der Waals surface area contributed by atoms with E-state index in [0.29, 0.717) is 11.6 Å². The van der Waals surface area contributed by atoms with Crippen LogP contribution in [0.2, 0.25) is 5.02 Å². The Hall–Kier alpha value is -1.55. The van der Waals surface area contributed by atoms with Gasteiger partial charge in [-0.25, -0.2) is 0 Å². The minimum absolute atomic E-state index is 0.0141. The van der Waals surface area contributed by atoms with Gasteiger partial charge in [0.2, 0.25) is 5.91 Å². The number of nitrogens with zero attached hydrogens (tertiary/aromatic N) is 1. The number of hydrogen-bond acceptors (Lipinski definition) is 2. The zero-order valence-corrected chi connectivity index (χ0v) is 11.9. The van der Waals surface area contributed by atoms with Crippen molar-refractivity contribution in [2.75, 3.05) is 0 Å². The molecule has 0 heterocycles. The topological polar surface area (TPSA) is 57.6 Å². The summed E-state index contributed by atoms with van der Waals surface area (Å²) in [6, 6.07) is 7.32. The molecule has 1 rings (SSSR count). The fourth-order valence-electron chi connectivity index (χ4n) is 1.75. The highest BCUT2D eigenvalue weighted by Crippen LogP contribution is 2.15. The van der Waals surface area contributed by atoms with Crippen LogP contribution in [0.4, 0.5) is 0 Å². The maximum absolute atomic E-state index is 12.0. The Bertz CT molecular complexity index is 460. The van der Waals surface area contributed by atoms with Gasteiger partial charge in [-0.2, -0.15) is 0 Å². The van der Waals surface area contributed by atoms with Gasteiger partial charge in [-0.3, -0.25) is 9.59 Å². The third-order valence-corrected chi connectivity index (χ3v) is 2.97. The fraction of sp³-hybridized carbons (Fsp3) is 0.429. The Labute approximate surface area is 118 Å². The fourth-order valence-corrected chi connectivity index (χ4v) is 1.96. The van der Waals surface area contributed by atoms with Gasteiger partial charge in [-0.15, -0.1) is 0 Å². The van der Waals surface area contributed by atoms with Crippen LogP contribution in [-0.4, -0.2) is 27.9 Å². The van der Waals surface area contributed by atoms with Crippen LogP contribution >= 0.6 is 11.6 Å². The summed E-state index contributed by atoms with van der Waals surface area (Å²) in [6.07, 6.45) is -0.119. The van der Waals surface area contributed by atoms with Gasteiger partial charge in [0.25, 0.3) is 0 Å². The first kappa shape index (κ1) is 15.5. The number of carbonyl (C=O) groups is 2. The Morgan fingerprint density at radius 1 is 1.32 bits per heavy atom. The number of benzene rings is 1. The van der Waals surface area contributed by atoms with Gasteiger partial charge >= 0.3 is 5.97 Å². The standard InChI is InChI=1S/C14H18ClNO3/c1-10(2)16(13(17)6-7-14(18)19)9-11-4-3-5-12(15)8-11/h3-5,8,10H,6-7,9H2,1-2H3,(H,18,19). The maximum Gasteiger partial charge on any atom is 0.303 e. The van der Waals surface area contributed by atoms with Gasteiger partial charge in [0.05, 0.1) is 6.42 Å². The molecule has 0 aliphatic rings. The van der Waals surface area contributed by atoms with Crippen LogP contribution in [0.1, 0.15) is 32.3 Å². The largest absolute Gasteiger partial charge is 0.481 e. The van der Waals surface area contributed by atoms with Crippen molar-refractivity contribution in [2.45, 2.75) is 39.3 Å². The minimum Gasteiger partial charge on any atom is -0.481 e. The van der Waals surface area contributed by atoms with Crippen LogP contribution < -0.4 is 0 Å². The predicted octanol–water partition coefficient (Wildman–Crippen LogP) is 2.94. The zero-order valence-electron chi connectivity index (χ0n) is 11.1. The minimum atomic E-state index is -0.959. The molecule has 1 amide bonds. The molecule has 0 spiro atoms. The molecular weight excluding hydrogens is 266 g/mol. The lowest BCUT2D eigenvalue weighted by Gasteiger charge is -2.27. The predicted molar refractivity (Wildman–Crippen MR) is 74.0 cm³/mol. The average Bonchev–Trinajstić information content (AvgIpc) is 2.32. The van der Waals surface area contributed by atoms with E-state index in [1.165, 1.54) is 0 Å². The van der Waals surface area contributed by atoms with Gasteiger partial charge in [0.15, 0.2) is 0 Å². The second kappa shape index (κ2) is 7.14. The van der Waals surface area contributed by atoms with Crippen molar-refractivity contribution in [2.24, 2.45) is 0 Å². The van der Waals surface area contributed by atoms with Crippen LogP contribution in [0.3, 0.4) is 0 Å². The van der Waals surface area contributed by atoms with Gasteiger partial charge in [0, 0.05) is 24.0 Å². The van der Waals surface area contributed by atoms with E-state index in [1.807, 2.05) is 26.0 Å². The van der Waals surface area contributed by atoms with E-state index in [2.05, 4.69) is 0 Å². The van der Waals surface area contributed by atoms with Gasteiger partial charge < -0.3 is 10.0 Å². The number of aliphatic carboxylic acids is 1. The molecule has 104 valence electrons. The summed E-state index contributed by atoms with van der Waals surface area (Å²) >= 11 is 5.91. The quantitative estimate of drug-likeness (QED) is 0.873. The van der Waals surface area contributed by atoms with Gasteiger partial charge in [-0.1, -0.05) is 23.7 Å². The maximum atomic E-state index is 12.0. The summed E-state index contributed by atoms with van der Waals surface area (Å²) in [7, 11) is 0. The molecule has 0 bridgehead atoms. The number of amides is 1. The summed E-state index contributed by atoms with van der Waals surface area (Å²) in [5, 5.41) is 9.24. The molecular formula is C14H18ClNO3. The molecule has 1 N–H and O–H groups in total. The second-order valence-corrected chi connectivity index (χ2v) is 5.08. The molecule has 1 aromatic rings. The summed E-state index contributed by atoms with van der Waals surface area (Å²) in [6.45, 7) is 4.25. The highest BCUT2D eigenvalue weighted by Gasteiger charge is 2.18. The number of halogens is 1. The smallest absolute Gasteiger partial charge is 0.303 e. The van der Waals surface area contributed by atoms with Crippen LogP contribution in [0, 0.1) is 0 Å². The lowest BCUT2D eigenvalue weighted by molar-refractivity contribution is -0.141. The first-order valence-corrected chi connectivity index (χ1v) is 6.53. The van der Waals surface area contributed by atoms with E-state index in [4.69, 9.17) is 16.7 Å². The lowest BCUT2D eigenvalue weighted by Crippen LogP contribution is -2.36. The van der Waals surface area contributed by atoms with Gasteiger partial charge in [-0.05, 0) is 31.5 Å². The first-order valence-electron chi connectivity index (χ1n) is 6.16. The van der Waals surface area contributed by atoms with Crippen molar-refractivity contribution in [3.8, 4) is 0 Å². The average molecular weight is 284 g/mol. The van der Waals surface area contributed by atoms with Crippen molar-refractivity contribution >= 4 is 23.5 Å². The molecule has 0 aliphatic carbocycles. The molecule has 0 saturated heterocycles. The molecule has 4 nitrogen and oxygen atoms in total. The second-order valence-electron chi connectivity index (χ2n) is 4.64. The highest BCUT2D eigenvalue weighted by molar-refractivity contribution is 6.30. The van der Waals surface area contributed by atoms with E-state index >= 15 is 0 Å². The van der Waals surface area contributed by atoms with Gasteiger partial charge in [0.1, 0.15) is 0 Å². The molecule has 0 fully saturated rings. The Balaban J connectivity index is 2.72. The molecule has 0 saturated carbocycles. The van der Waals surface area contributed by atoms with Crippen LogP contribution in [0.5, 0.6) is 0 Å². The summed E-state index contributed by atoms with van der Waals surface area (Å²) in [4.78, 5) is 24.2. The van der Waals surface area contributed by atoms with E-state index in [1.54, 1.807) is 17.0 Å². The van der Waals surface area contributed by atoms with E-state index in [0.717, 1.165) is 5.56 Å². The summed E-state index contributed by atoms with van der Waals surface area (Å²) < 4.78 is 0. The van der Waals surface area contributed by atoms with Crippen LogP contribution in [0.25, 0.3) is 0 Å². The lowest BCUT2D eigenvalue weighted by atomic mass is 10.1. The number of carboxylic acid groups (broad SMARTS) is 1. The first-order chi connectivity index (χ1) is 8.90. The normalized spacial score (nSPS) is 10.5. The molecule has 1 aromatic carbocycles.